The maximum Gasteiger partial charge on any atom is 0.258 e. The molecule has 0 radical (unpaired) electrons. The Hall–Kier alpha value is -2.22. The van der Waals surface area contributed by atoms with Crippen LogP contribution in [0.15, 0.2) is 30.5 Å². The van der Waals surface area contributed by atoms with Gasteiger partial charge in [0.05, 0.1) is 21.5 Å². The first-order valence-corrected chi connectivity index (χ1v) is 8.99. The highest BCUT2D eigenvalue weighted by atomic mass is 35.5. The van der Waals surface area contributed by atoms with E-state index >= 15 is 0 Å². The van der Waals surface area contributed by atoms with Crippen LogP contribution in [-0.2, 0) is 11.3 Å². The van der Waals surface area contributed by atoms with Gasteiger partial charge < -0.3 is 16.0 Å². The number of carbonyl (C=O) groups excluding carboxylic acids is 2. The zero-order valence-corrected chi connectivity index (χ0v) is 15.9. The highest BCUT2D eigenvalue weighted by Gasteiger charge is 2.43. The van der Waals surface area contributed by atoms with Gasteiger partial charge in [-0.15, -0.1) is 0 Å². The fourth-order valence-corrected chi connectivity index (χ4v) is 3.28. The second kappa shape index (κ2) is 8.21. The van der Waals surface area contributed by atoms with Crippen LogP contribution in [0, 0.1) is 5.92 Å². The van der Waals surface area contributed by atoms with E-state index in [4.69, 9.17) is 23.2 Å². The third kappa shape index (κ3) is 4.74. The number of carbonyl (C=O) groups is 2. The topological polar surface area (TPSA) is 83.1 Å². The first kappa shape index (κ1) is 19.5. The summed E-state index contributed by atoms with van der Waals surface area (Å²) in [6.45, 7) is 0.565. The lowest BCUT2D eigenvalue weighted by molar-refractivity contribution is -0.117. The van der Waals surface area contributed by atoms with E-state index in [1.165, 1.54) is 12.3 Å². The summed E-state index contributed by atoms with van der Waals surface area (Å²) in [6, 6.07) is 6.36. The molecule has 3 N–H and O–H groups in total. The maximum atomic E-state index is 13.0. The number of hydrogen-bond acceptors (Lipinski definition) is 4. The molecule has 1 aliphatic rings. The molecular formula is C18H17Cl2FN4O2. The molecule has 0 bridgehead atoms. The lowest BCUT2D eigenvalue weighted by Gasteiger charge is -2.11. The Morgan fingerprint density at radius 1 is 1.22 bits per heavy atom. The molecule has 6 nitrogen and oxygen atoms in total. The van der Waals surface area contributed by atoms with Gasteiger partial charge in [0.2, 0.25) is 5.91 Å². The van der Waals surface area contributed by atoms with Crippen molar-refractivity contribution in [3.05, 3.63) is 51.6 Å². The lowest BCUT2D eigenvalue weighted by Crippen LogP contribution is -2.17. The number of hydrogen-bond donors (Lipinski definition) is 3. The Morgan fingerprint density at radius 3 is 2.48 bits per heavy atom. The molecule has 1 saturated carbocycles. The molecule has 9 heteroatoms. The Balaban J connectivity index is 1.72. The van der Waals surface area contributed by atoms with Gasteiger partial charge in [-0.25, -0.2) is 9.37 Å². The van der Waals surface area contributed by atoms with Gasteiger partial charge in [-0.1, -0.05) is 23.2 Å². The highest BCUT2D eigenvalue weighted by Crippen LogP contribution is 2.34. The third-order valence-electron chi connectivity index (χ3n) is 4.03. The van der Waals surface area contributed by atoms with E-state index in [9.17, 15) is 14.0 Å². The van der Waals surface area contributed by atoms with E-state index < -0.39 is 23.9 Å². The van der Waals surface area contributed by atoms with Crippen LogP contribution < -0.4 is 16.0 Å². The summed E-state index contributed by atoms with van der Waals surface area (Å²) in [5, 5.41) is 8.65. The maximum absolute atomic E-state index is 13.0. The summed E-state index contributed by atoms with van der Waals surface area (Å²) in [6.07, 6.45) is 0.552. The molecule has 2 atom stereocenters. The normalized spacial score (nSPS) is 18.1. The van der Waals surface area contributed by atoms with Crippen molar-refractivity contribution in [1.82, 2.24) is 10.3 Å². The minimum Gasteiger partial charge on any atom is -0.322 e. The molecular weight excluding hydrogens is 394 g/mol. The average Bonchev–Trinajstić information content (AvgIpc) is 3.32. The van der Waals surface area contributed by atoms with E-state index in [1.807, 2.05) is 0 Å². The summed E-state index contributed by atoms with van der Waals surface area (Å²) in [7, 11) is 1.79. The summed E-state index contributed by atoms with van der Waals surface area (Å²) >= 11 is 12.4. The molecule has 0 saturated heterocycles. The number of nitrogens with zero attached hydrogens (tertiary/aromatic N) is 1. The Labute approximate surface area is 165 Å². The first-order chi connectivity index (χ1) is 12.9. The molecule has 2 amide bonds. The van der Waals surface area contributed by atoms with Crippen molar-refractivity contribution in [2.45, 2.75) is 19.1 Å². The van der Waals surface area contributed by atoms with Crippen molar-refractivity contribution in [3.8, 4) is 0 Å². The second-order valence-corrected chi connectivity index (χ2v) is 7.01. The van der Waals surface area contributed by atoms with E-state index in [2.05, 4.69) is 20.9 Å². The van der Waals surface area contributed by atoms with Crippen molar-refractivity contribution in [2.75, 3.05) is 17.7 Å². The number of rotatable bonds is 6. The predicted octanol–water partition coefficient (Wildman–Crippen LogP) is 3.66. The Kier molecular flexibility index (Phi) is 5.94. The number of amides is 2. The van der Waals surface area contributed by atoms with Gasteiger partial charge in [0, 0.05) is 24.5 Å². The standard InChI is InChI=1S/C18H17Cl2FN4O2/c1-22-8-9-4-12(19)16(13(20)5-9)18(27)24-10-2-3-23-15(6-10)25-17(26)11-7-14(11)21/h2-6,11,14,22H,7-8H2,1H3,(H2,23,24,25,26,27). The molecule has 2 aromatic rings. The largest absolute Gasteiger partial charge is 0.322 e. The summed E-state index contributed by atoms with van der Waals surface area (Å²) in [5.74, 6) is -1.32. The van der Waals surface area contributed by atoms with Gasteiger partial charge in [0.1, 0.15) is 12.0 Å². The minimum atomic E-state index is -1.09. The molecule has 1 aliphatic carbocycles. The van der Waals surface area contributed by atoms with Gasteiger partial charge in [-0.05, 0) is 37.2 Å². The van der Waals surface area contributed by atoms with Crippen molar-refractivity contribution in [3.63, 3.8) is 0 Å². The van der Waals surface area contributed by atoms with Crippen molar-refractivity contribution in [2.24, 2.45) is 5.92 Å². The van der Waals surface area contributed by atoms with E-state index in [0.29, 0.717) is 12.2 Å². The molecule has 1 fully saturated rings. The molecule has 1 aromatic heterocycles. The summed E-state index contributed by atoms with van der Waals surface area (Å²) in [5.41, 5.74) is 1.40. The fraction of sp³-hybridized carbons (Fsp3) is 0.278. The van der Waals surface area contributed by atoms with Gasteiger partial charge in [-0.2, -0.15) is 0 Å². The Morgan fingerprint density at radius 2 is 1.89 bits per heavy atom. The molecule has 142 valence electrons. The number of aromatic nitrogens is 1. The van der Waals surface area contributed by atoms with Crippen LogP contribution in [0.1, 0.15) is 22.3 Å². The number of anilines is 2. The third-order valence-corrected chi connectivity index (χ3v) is 4.62. The van der Waals surface area contributed by atoms with E-state index in [0.717, 1.165) is 5.56 Å². The van der Waals surface area contributed by atoms with Crippen molar-refractivity contribution >= 4 is 46.5 Å². The van der Waals surface area contributed by atoms with Crippen LogP contribution in [0.3, 0.4) is 0 Å². The van der Waals surface area contributed by atoms with Crippen LogP contribution in [0.25, 0.3) is 0 Å². The van der Waals surface area contributed by atoms with Crippen LogP contribution in [0.2, 0.25) is 10.0 Å². The molecule has 1 heterocycles. The quantitative estimate of drug-likeness (QED) is 0.678. The van der Waals surface area contributed by atoms with Crippen LogP contribution in [0.4, 0.5) is 15.9 Å². The average molecular weight is 411 g/mol. The van der Waals surface area contributed by atoms with Crippen molar-refractivity contribution in [1.29, 1.82) is 0 Å². The molecule has 3 rings (SSSR count). The van der Waals surface area contributed by atoms with Crippen molar-refractivity contribution < 1.29 is 14.0 Å². The molecule has 1 aromatic carbocycles. The smallest absolute Gasteiger partial charge is 0.258 e. The van der Waals surface area contributed by atoms with Crippen LogP contribution in [-0.4, -0.2) is 30.0 Å². The van der Waals surface area contributed by atoms with Crippen LogP contribution >= 0.6 is 23.2 Å². The monoisotopic (exact) mass is 410 g/mol. The molecule has 0 spiro atoms. The highest BCUT2D eigenvalue weighted by molar-refractivity contribution is 6.40. The fourth-order valence-electron chi connectivity index (χ4n) is 2.57. The zero-order valence-electron chi connectivity index (χ0n) is 14.4. The van der Waals surface area contributed by atoms with Gasteiger partial charge in [0.15, 0.2) is 0 Å². The number of nitrogens with one attached hydrogen (secondary N) is 3. The first-order valence-electron chi connectivity index (χ1n) is 8.24. The Bertz CT molecular complexity index is 870. The number of benzene rings is 1. The van der Waals surface area contributed by atoms with E-state index in [-0.39, 0.29) is 27.8 Å². The summed E-state index contributed by atoms with van der Waals surface area (Å²) < 4.78 is 13.0. The molecule has 0 aliphatic heterocycles. The number of alkyl halides is 1. The minimum absolute atomic E-state index is 0.152. The molecule has 2 unspecified atom stereocenters. The van der Waals surface area contributed by atoms with Gasteiger partial charge in [-0.3, -0.25) is 9.59 Å². The summed E-state index contributed by atoms with van der Waals surface area (Å²) in [4.78, 5) is 28.4. The van der Waals surface area contributed by atoms with Gasteiger partial charge in [0.25, 0.3) is 5.91 Å². The predicted molar refractivity (Wildman–Crippen MR) is 103 cm³/mol. The number of halogens is 3. The lowest BCUT2D eigenvalue weighted by atomic mass is 10.1. The number of pyridine rings is 1. The molecule has 27 heavy (non-hydrogen) atoms. The van der Waals surface area contributed by atoms with E-state index in [1.54, 1.807) is 25.2 Å². The van der Waals surface area contributed by atoms with Crippen LogP contribution in [0.5, 0.6) is 0 Å². The van der Waals surface area contributed by atoms with Gasteiger partial charge >= 0.3 is 0 Å². The SMILES string of the molecule is CNCc1cc(Cl)c(C(=O)Nc2ccnc(NC(=O)C3CC3F)c2)c(Cl)c1. The second-order valence-electron chi connectivity index (χ2n) is 6.20. The zero-order chi connectivity index (χ0) is 19.6.